The van der Waals surface area contributed by atoms with Crippen LogP contribution < -0.4 is 88.4 Å². The monoisotopic (exact) mass is 1120 g/mol. The van der Waals surface area contributed by atoms with E-state index in [1.165, 1.54) is 11.8 Å². The lowest BCUT2D eigenvalue weighted by atomic mass is 9.96. The van der Waals surface area contributed by atoms with E-state index in [1.807, 2.05) is 0 Å². The van der Waals surface area contributed by atoms with Gasteiger partial charge in [-0.25, -0.2) is 4.79 Å². The minimum Gasteiger partial charge on any atom is -0.481 e. The Labute approximate surface area is 449 Å². The molecule has 33 heteroatoms. The Morgan fingerprint density at radius 3 is 1.44 bits per heavy atom. The van der Waals surface area contributed by atoms with Gasteiger partial charge in [0.15, 0.2) is 11.9 Å². The number of nitrogens with one attached hydrogen (secondary N) is 8. The third-order valence-corrected chi connectivity index (χ3v) is 11.9. The Kier molecular flexibility index (Phi) is 34.3. The largest absolute Gasteiger partial charge is 0.481 e. The lowest BCUT2D eigenvalue weighted by Gasteiger charge is -2.29. The van der Waals surface area contributed by atoms with E-state index < -0.39 is 151 Å². The summed E-state index contributed by atoms with van der Waals surface area (Å²) in [6.07, 6.45) is 0.525. The van der Waals surface area contributed by atoms with E-state index in [1.54, 1.807) is 20.1 Å². The zero-order chi connectivity index (χ0) is 58.8. The molecule has 436 valence electrons. The highest BCUT2D eigenvalue weighted by molar-refractivity contribution is 7.98. The molecule has 0 aliphatic carbocycles. The summed E-state index contributed by atoms with van der Waals surface area (Å²) in [6, 6.07) is -11.7. The smallest absolute Gasteiger partial charge is 0.326 e. The number of primary amides is 2. The zero-order valence-electron chi connectivity index (χ0n) is 43.6. The van der Waals surface area contributed by atoms with E-state index in [0.717, 1.165) is 0 Å². The fourth-order valence-corrected chi connectivity index (χ4v) is 7.35. The van der Waals surface area contributed by atoms with Crippen LogP contribution >= 0.6 is 11.8 Å². The minimum atomic E-state index is -1.79. The van der Waals surface area contributed by atoms with Gasteiger partial charge in [-0.15, -0.1) is 0 Å². The van der Waals surface area contributed by atoms with Gasteiger partial charge in [0.1, 0.15) is 42.3 Å². The molecule has 0 aromatic rings. The van der Waals surface area contributed by atoms with Gasteiger partial charge in [0.05, 0.1) is 25.4 Å². The minimum absolute atomic E-state index is 0.0212. The molecule has 0 aliphatic heterocycles. The third-order valence-electron chi connectivity index (χ3n) is 11.3. The summed E-state index contributed by atoms with van der Waals surface area (Å²) in [4.78, 5) is 163. The number of carboxylic acids is 2. The van der Waals surface area contributed by atoms with Crippen molar-refractivity contribution in [2.75, 3.05) is 38.2 Å². The number of aliphatic imine (C=N–C) groups is 2. The van der Waals surface area contributed by atoms with Gasteiger partial charge in [-0.1, -0.05) is 20.3 Å². The van der Waals surface area contributed by atoms with Crippen molar-refractivity contribution in [3.05, 3.63) is 0 Å². The number of hydrogen-bond donors (Lipinski definition) is 18. The molecule has 9 atom stereocenters. The van der Waals surface area contributed by atoms with Gasteiger partial charge in [-0.3, -0.25) is 62.7 Å². The van der Waals surface area contributed by atoms with Crippen molar-refractivity contribution in [3.8, 4) is 0 Å². The van der Waals surface area contributed by atoms with E-state index in [-0.39, 0.29) is 82.9 Å². The van der Waals surface area contributed by atoms with E-state index in [0.29, 0.717) is 18.6 Å². The topological polar surface area (TPSA) is 574 Å². The Hall–Kier alpha value is -7.55. The number of unbranched alkanes of at least 4 members (excludes halogenated alkanes) is 1. The molecule has 0 saturated heterocycles. The number of nitrogens with zero attached hydrogens (tertiary/aromatic N) is 2. The Morgan fingerprint density at radius 1 is 0.532 bits per heavy atom. The van der Waals surface area contributed by atoms with Gasteiger partial charge >= 0.3 is 11.9 Å². The molecule has 0 fully saturated rings. The fourth-order valence-electron chi connectivity index (χ4n) is 6.88. The summed E-state index contributed by atoms with van der Waals surface area (Å²) in [5.74, 6) is -13.3. The number of thioether (sulfide) groups is 1. The molecule has 26 N–H and O–H groups in total. The van der Waals surface area contributed by atoms with E-state index in [4.69, 9.17) is 51.0 Å². The zero-order valence-corrected chi connectivity index (χ0v) is 44.5. The Bertz CT molecular complexity index is 2080. The molecular weight excluding hydrogens is 1040 g/mol. The molecule has 0 saturated carbocycles. The highest BCUT2D eigenvalue weighted by Crippen LogP contribution is 2.12. The molecule has 0 unspecified atom stereocenters. The highest BCUT2D eigenvalue weighted by Gasteiger charge is 2.36. The molecule has 10 amide bonds. The SMILES string of the molecule is CC[C@H](C)[C@H](NC(=O)[C@H](CC(N)=O)NC(=O)[C@H](CCCN=C(N)N)NC(=O)CNC(=O)[C@H](CCSC)NC(=O)[C@H](CCCCN)NC(=O)[C@@H](N)CCC(=O)O)C(=O)N[C@@H](CCCN=C(N)N)C(=O)N[C@@H](CC(N)=O)C(=O)O. The second kappa shape index (κ2) is 38.1. The maximum absolute atomic E-state index is 14.0. The van der Waals surface area contributed by atoms with E-state index >= 15 is 0 Å². The standard InChI is InChI=1S/C44H80N18O14S/c1-4-22(2)34(41(74)59-26(11-8-17-54-44(51)52)39(72)61-29(42(75)76)20-31(48)64)62-40(73)28(19-30(47)63)60-37(70)24(10-7-16-53-43(49)50)56-32(65)21-55-36(69)27(14-18-77-3)58-38(71)25(9-5-6-15-45)57-35(68)23(46)12-13-33(66)67/h22-29,34H,4-21,45-46H2,1-3H3,(H2,47,63)(H2,48,64)(H,55,69)(H,56,65)(H,57,68)(H,58,71)(H,59,74)(H,60,70)(H,61,72)(H,62,73)(H,66,67)(H,75,76)(H4,49,50,53)(H4,51,52,54)/t22-,23-,24-,25-,26-,27-,28-,29-,34-/m0/s1. The molecule has 0 spiro atoms. The first-order chi connectivity index (χ1) is 36.2. The molecular formula is C44H80N18O14S. The van der Waals surface area contributed by atoms with Crippen molar-refractivity contribution < 1.29 is 67.7 Å². The predicted molar refractivity (Wildman–Crippen MR) is 282 cm³/mol. The number of carbonyl (C=O) groups is 12. The molecule has 0 aromatic heterocycles. The van der Waals surface area contributed by atoms with Crippen LogP contribution in [0.4, 0.5) is 0 Å². The molecule has 0 heterocycles. The summed E-state index contributed by atoms with van der Waals surface area (Å²) in [5, 5.41) is 38.0. The van der Waals surface area contributed by atoms with Gasteiger partial charge in [0.2, 0.25) is 59.1 Å². The lowest BCUT2D eigenvalue weighted by Crippen LogP contribution is -2.60. The normalized spacial score (nSPS) is 14.3. The van der Waals surface area contributed by atoms with Crippen LogP contribution in [-0.4, -0.2) is 180 Å². The summed E-state index contributed by atoms with van der Waals surface area (Å²) in [6.45, 7) is 2.68. The number of rotatable bonds is 41. The molecule has 32 nitrogen and oxygen atoms in total. The Balaban J connectivity index is 6.58. The number of guanidine groups is 2. The van der Waals surface area contributed by atoms with Gasteiger partial charge in [-0.05, 0) is 82.3 Å². The molecule has 0 bridgehead atoms. The van der Waals surface area contributed by atoms with Crippen LogP contribution in [0.15, 0.2) is 9.98 Å². The molecule has 0 radical (unpaired) electrons. The van der Waals surface area contributed by atoms with Crippen LogP contribution in [0.5, 0.6) is 0 Å². The highest BCUT2D eigenvalue weighted by atomic mass is 32.2. The van der Waals surface area contributed by atoms with Crippen molar-refractivity contribution in [2.24, 2.45) is 61.8 Å². The van der Waals surface area contributed by atoms with Crippen molar-refractivity contribution in [3.63, 3.8) is 0 Å². The molecule has 0 rings (SSSR count). The maximum atomic E-state index is 14.0. The van der Waals surface area contributed by atoms with E-state index in [9.17, 15) is 62.6 Å². The van der Waals surface area contributed by atoms with Crippen LogP contribution in [0, 0.1) is 5.92 Å². The summed E-state index contributed by atoms with van der Waals surface area (Å²) in [5.41, 5.74) is 43.7. The molecule has 77 heavy (non-hydrogen) atoms. The first kappa shape index (κ1) is 69.5. The van der Waals surface area contributed by atoms with Crippen molar-refractivity contribution in [1.29, 1.82) is 0 Å². The van der Waals surface area contributed by atoms with Crippen LogP contribution in [0.2, 0.25) is 0 Å². The number of hydrogen-bond acceptors (Lipinski definition) is 17. The van der Waals surface area contributed by atoms with Crippen LogP contribution in [0.1, 0.15) is 97.3 Å². The first-order valence-corrected chi connectivity index (χ1v) is 26.0. The molecule has 0 aliphatic rings. The average Bonchev–Trinajstić information content (AvgIpc) is 3.35. The quantitative estimate of drug-likeness (QED) is 0.0154. The second-order valence-corrected chi connectivity index (χ2v) is 18.7. The number of carbonyl (C=O) groups excluding carboxylic acids is 10. The van der Waals surface area contributed by atoms with Crippen LogP contribution in [-0.2, 0) is 57.5 Å². The number of aliphatic carboxylic acids is 2. The number of carboxylic acid groups (broad SMARTS) is 2. The van der Waals surface area contributed by atoms with Gasteiger partial charge in [0, 0.05) is 19.5 Å². The van der Waals surface area contributed by atoms with Gasteiger partial charge in [-0.2, -0.15) is 11.8 Å². The fraction of sp³-hybridized carbons (Fsp3) is 0.682. The van der Waals surface area contributed by atoms with E-state index in [2.05, 4.69) is 52.5 Å². The third kappa shape index (κ3) is 30.6. The number of nitrogens with two attached hydrogens (primary N) is 8. The predicted octanol–water partition coefficient (Wildman–Crippen LogP) is -7.44. The maximum Gasteiger partial charge on any atom is 0.326 e. The summed E-state index contributed by atoms with van der Waals surface area (Å²) in [7, 11) is 0. The second-order valence-electron chi connectivity index (χ2n) is 17.7. The molecule has 0 aromatic carbocycles. The average molecular weight is 1120 g/mol. The Morgan fingerprint density at radius 2 is 0.974 bits per heavy atom. The van der Waals surface area contributed by atoms with Crippen molar-refractivity contribution in [2.45, 2.75) is 146 Å². The van der Waals surface area contributed by atoms with Crippen molar-refractivity contribution in [1.82, 2.24) is 42.5 Å². The van der Waals surface area contributed by atoms with Crippen LogP contribution in [0.3, 0.4) is 0 Å². The van der Waals surface area contributed by atoms with Gasteiger partial charge in [0.25, 0.3) is 0 Å². The van der Waals surface area contributed by atoms with Crippen LogP contribution in [0.25, 0.3) is 0 Å². The lowest BCUT2D eigenvalue weighted by molar-refractivity contribution is -0.144. The summed E-state index contributed by atoms with van der Waals surface area (Å²) < 4.78 is 0. The summed E-state index contributed by atoms with van der Waals surface area (Å²) >= 11 is 1.34. The van der Waals surface area contributed by atoms with Crippen molar-refractivity contribution >= 4 is 94.7 Å². The first-order valence-electron chi connectivity index (χ1n) is 24.6. The van der Waals surface area contributed by atoms with Gasteiger partial charge < -0.3 is 98.6 Å². The number of amides is 10.